The van der Waals surface area contributed by atoms with Crippen LogP contribution in [-0.2, 0) is 4.74 Å². The molecule has 1 heterocycles. The maximum Gasteiger partial charge on any atom is 0.371 e. The summed E-state index contributed by atoms with van der Waals surface area (Å²) in [5.74, 6) is -1.68. The smallest absolute Gasteiger partial charge is 0.371 e. The minimum atomic E-state index is -1.18. The fraction of sp³-hybridized carbons (Fsp3) is 0.538. The van der Waals surface area contributed by atoms with Crippen molar-refractivity contribution in [2.24, 2.45) is 0 Å². The summed E-state index contributed by atoms with van der Waals surface area (Å²) in [4.78, 5) is 24.5. The number of aromatic carboxylic acids is 1. The lowest BCUT2D eigenvalue weighted by Crippen LogP contribution is -2.34. The number of carbonyl (C=O) groups is 2. The first-order valence-corrected chi connectivity index (χ1v) is 6.21. The van der Waals surface area contributed by atoms with Crippen LogP contribution in [0.4, 0.5) is 0 Å². The molecular formula is C13H19NO5. The molecule has 0 bridgehead atoms. The molecule has 1 amide bonds. The van der Waals surface area contributed by atoms with Gasteiger partial charge in [-0.25, -0.2) is 4.79 Å². The van der Waals surface area contributed by atoms with Gasteiger partial charge in [-0.1, -0.05) is 13.3 Å². The average Bonchev–Trinajstić information content (AvgIpc) is 2.88. The third-order valence-electron chi connectivity index (χ3n) is 2.66. The number of furan rings is 1. The van der Waals surface area contributed by atoms with Crippen molar-refractivity contribution in [2.75, 3.05) is 26.8 Å². The van der Waals surface area contributed by atoms with Crippen LogP contribution in [0.5, 0.6) is 0 Å². The van der Waals surface area contributed by atoms with Gasteiger partial charge in [0, 0.05) is 20.2 Å². The molecule has 1 rings (SSSR count). The Labute approximate surface area is 112 Å². The quantitative estimate of drug-likeness (QED) is 0.779. The molecule has 0 aromatic carbocycles. The normalized spacial score (nSPS) is 10.4. The van der Waals surface area contributed by atoms with Crippen LogP contribution < -0.4 is 0 Å². The molecule has 0 aliphatic carbocycles. The van der Waals surface area contributed by atoms with Crippen LogP contribution in [0.15, 0.2) is 16.5 Å². The number of ether oxygens (including phenoxy) is 1. The fourth-order valence-corrected chi connectivity index (χ4v) is 1.59. The molecular weight excluding hydrogens is 250 g/mol. The van der Waals surface area contributed by atoms with E-state index in [2.05, 4.69) is 0 Å². The molecule has 6 nitrogen and oxygen atoms in total. The van der Waals surface area contributed by atoms with E-state index in [4.69, 9.17) is 14.3 Å². The van der Waals surface area contributed by atoms with Crippen molar-refractivity contribution in [1.29, 1.82) is 0 Å². The number of nitrogens with zero attached hydrogens (tertiary/aromatic N) is 1. The number of unbranched alkanes of at least 4 members (excludes halogenated alkanes) is 1. The van der Waals surface area contributed by atoms with E-state index in [0.717, 1.165) is 12.8 Å². The number of carboxylic acids is 1. The van der Waals surface area contributed by atoms with Crippen LogP contribution in [0.2, 0.25) is 0 Å². The molecule has 0 unspecified atom stereocenters. The van der Waals surface area contributed by atoms with Gasteiger partial charge in [0.1, 0.15) is 0 Å². The molecule has 6 heteroatoms. The van der Waals surface area contributed by atoms with Gasteiger partial charge in [-0.05, 0) is 18.6 Å². The van der Waals surface area contributed by atoms with E-state index in [-0.39, 0.29) is 17.4 Å². The summed E-state index contributed by atoms with van der Waals surface area (Å²) in [6.45, 7) is 3.52. The molecule has 1 aromatic rings. The predicted molar refractivity (Wildman–Crippen MR) is 68.4 cm³/mol. The third-order valence-corrected chi connectivity index (χ3v) is 2.66. The molecule has 0 aliphatic heterocycles. The summed E-state index contributed by atoms with van der Waals surface area (Å²) in [6, 6.07) is 2.67. The van der Waals surface area contributed by atoms with Gasteiger partial charge in [0.25, 0.3) is 5.91 Å². The first kappa shape index (κ1) is 15.2. The molecule has 0 fully saturated rings. The van der Waals surface area contributed by atoms with Gasteiger partial charge in [0.15, 0.2) is 5.76 Å². The average molecular weight is 269 g/mol. The Kier molecular flexibility index (Phi) is 6.08. The zero-order valence-electron chi connectivity index (χ0n) is 11.2. The Hall–Kier alpha value is -1.82. The highest BCUT2D eigenvalue weighted by Gasteiger charge is 2.20. The number of methoxy groups -OCH3 is 1. The Morgan fingerprint density at radius 2 is 2.00 bits per heavy atom. The fourth-order valence-electron chi connectivity index (χ4n) is 1.59. The number of rotatable bonds is 8. The standard InChI is InChI=1S/C13H19NO5/c1-3-4-7-14(8-9-18-2)12(15)10-5-6-11(19-10)13(16)17/h5-6H,3-4,7-9H2,1-2H3,(H,16,17). The molecule has 0 radical (unpaired) electrons. The summed E-state index contributed by atoms with van der Waals surface area (Å²) in [5, 5.41) is 8.76. The molecule has 0 saturated heterocycles. The second-order valence-corrected chi connectivity index (χ2v) is 4.11. The number of hydrogen-bond donors (Lipinski definition) is 1. The SMILES string of the molecule is CCCCN(CCOC)C(=O)c1ccc(C(=O)O)o1. The molecule has 1 aromatic heterocycles. The zero-order chi connectivity index (χ0) is 14.3. The van der Waals surface area contributed by atoms with Crippen LogP contribution >= 0.6 is 0 Å². The van der Waals surface area contributed by atoms with E-state index < -0.39 is 5.97 Å². The summed E-state index contributed by atoms with van der Waals surface area (Å²) < 4.78 is 9.98. The van der Waals surface area contributed by atoms with Crippen molar-refractivity contribution >= 4 is 11.9 Å². The van der Waals surface area contributed by atoms with Gasteiger partial charge in [0.05, 0.1) is 6.61 Å². The van der Waals surface area contributed by atoms with Gasteiger partial charge in [-0.3, -0.25) is 4.79 Å². The second-order valence-electron chi connectivity index (χ2n) is 4.11. The van der Waals surface area contributed by atoms with Gasteiger partial charge in [-0.2, -0.15) is 0 Å². The van der Waals surface area contributed by atoms with E-state index in [1.54, 1.807) is 12.0 Å². The summed E-state index contributed by atoms with van der Waals surface area (Å²) in [7, 11) is 1.57. The first-order chi connectivity index (χ1) is 9.10. The molecule has 1 N–H and O–H groups in total. The van der Waals surface area contributed by atoms with E-state index in [1.807, 2.05) is 6.92 Å². The van der Waals surface area contributed by atoms with E-state index >= 15 is 0 Å². The summed E-state index contributed by atoms with van der Waals surface area (Å²) in [6.07, 6.45) is 1.84. The number of carbonyl (C=O) groups excluding carboxylic acids is 1. The van der Waals surface area contributed by atoms with E-state index in [1.165, 1.54) is 12.1 Å². The highest BCUT2D eigenvalue weighted by Crippen LogP contribution is 2.11. The van der Waals surface area contributed by atoms with Crippen LogP contribution in [0.25, 0.3) is 0 Å². The minimum Gasteiger partial charge on any atom is -0.475 e. The van der Waals surface area contributed by atoms with E-state index in [9.17, 15) is 9.59 Å². The van der Waals surface area contributed by atoms with Gasteiger partial charge < -0.3 is 19.2 Å². The molecule has 0 saturated carbocycles. The highest BCUT2D eigenvalue weighted by molar-refractivity contribution is 5.93. The minimum absolute atomic E-state index is 0.0459. The van der Waals surface area contributed by atoms with Gasteiger partial charge in [-0.15, -0.1) is 0 Å². The van der Waals surface area contributed by atoms with Crippen LogP contribution in [0.3, 0.4) is 0 Å². The lowest BCUT2D eigenvalue weighted by atomic mass is 10.3. The Balaban J connectivity index is 2.75. The Bertz CT molecular complexity index is 418. The Morgan fingerprint density at radius 3 is 2.53 bits per heavy atom. The van der Waals surface area contributed by atoms with Crippen LogP contribution in [-0.4, -0.2) is 48.7 Å². The van der Waals surface area contributed by atoms with Crippen molar-refractivity contribution in [1.82, 2.24) is 4.90 Å². The van der Waals surface area contributed by atoms with Crippen LogP contribution in [0.1, 0.15) is 40.9 Å². The lowest BCUT2D eigenvalue weighted by Gasteiger charge is -2.20. The maximum absolute atomic E-state index is 12.2. The van der Waals surface area contributed by atoms with Crippen LogP contribution in [0, 0.1) is 0 Å². The van der Waals surface area contributed by atoms with Crippen molar-refractivity contribution in [2.45, 2.75) is 19.8 Å². The van der Waals surface area contributed by atoms with Crippen molar-refractivity contribution in [3.63, 3.8) is 0 Å². The first-order valence-electron chi connectivity index (χ1n) is 6.21. The third kappa shape index (κ3) is 4.40. The topological polar surface area (TPSA) is 80.0 Å². The maximum atomic E-state index is 12.2. The van der Waals surface area contributed by atoms with Crippen molar-refractivity contribution in [3.05, 3.63) is 23.7 Å². The molecule has 0 aliphatic rings. The van der Waals surface area contributed by atoms with Gasteiger partial charge >= 0.3 is 5.97 Å². The lowest BCUT2D eigenvalue weighted by molar-refractivity contribution is 0.0631. The number of hydrogen-bond acceptors (Lipinski definition) is 4. The molecule has 19 heavy (non-hydrogen) atoms. The predicted octanol–water partition coefficient (Wildman–Crippen LogP) is 1.87. The largest absolute Gasteiger partial charge is 0.475 e. The summed E-state index contributed by atoms with van der Waals surface area (Å²) >= 11 is 0. The van der Waals surface area contributed by atoms with Crippen molar-refractivity contribution < 1.29 is 23.8 Å². The van der Waals surface area contributed by atoms with Crippen molar-refractivity contribution in [3.8, 4) is 0 Å². The molecule has 0 atom stereocenters. The van der Waals surface area contributed by atoms with Gasteiger partial charge in [0.2, 0.25) is 5.76 Å². The molecule has 0 spiro atoms. The highest BCUT2D eigenvalue weighted by atomic mass is 16.5. The summed E-state index contributed by atoms with van der Waals surface area (Å²) in [5.41, 5.74) is 0. The second kappa shape index (κ2) is 7.58. The van der Waals surface area contributed by atoms with E-state index in [0.29, 0.717) is 19.7 Å². The molecule has 106 valence electrons. The number of carboxylic acid groups (broad SMARTS) is 1. The monoisotopic (exact) mass is 269 g/mol. The zero-order valence-corrected chi connectivity index (χ0v) is 11.2. The Morgan fingerprint density at radius 1 is 1.32 bits per heavy atom. The number of amides is 1.